The Labute approximate surface area is 166 Å². The Bertz CT molecular complexity index is 1210. The molecule has 1 N–H and O–H groups in total. The van der Waals surface area contributed by atoms with Crippen LogP contribution in [-0.4, -0.2) is 26.0 Å². The number of para-hydroxylation sites is 1. The number of alkyl halides is 2. The van der Waals surface area contributed by atoms with Crippen LogP contribution in [0.15, 0.2) is 42.6 Å². The zero-order valence-electron chi connectivity index (χ0n) is 15.6. The third-order valence-corrected chi connectivity index (χ3v) is 6.30. The third kappa shape index (κ3) is 3.46. The summed E-state index contributed by atoms with van der Waals surface area (Å²) < 4.78 is 59.5. The van der Waals surface area contributed by atoms with Crippen molar-refractivity contribution in [1.29, 1.82) is 0 Å². The lowest BCUT2D eigenvalue weighted by atomic mass is 9.86. The quantitative estimate of drug-likeness (QED) is 0.658. The number of sulfone groups is 1. The molecule has 1 aromatic heterocycles. The fourth-order valence-electron chi connectivity index (χ4n) is 4.19. The fourth-order valence-corrected chi connectivity index (χ4v) is 5.00. The van der Waals surface area contributed by atoms with Crippen molar-refractivity contribution in [2.45, 2.75) is 30.8 Å². The lowest BCUT2D eigenvalue weighted by molar-refractivity contribution is -0.286. The highest BCUT2D eigenvalue weighted by atomic mass is 32.2. The van der Waals surface area contributed by atoms with Crippen molar-refractivity contribution in [3.05, 3.63) is 59.3 Å². The number of nitrogens with one attached hydrogen (secondary N) is 1. The second-order valence-corrected chi connectivity index (χ2v) is 9.98. The molecule has 29 heavy (non-hydrogen) atoms. The molecule has 1 atom stereocenters. The van der Waals surface area contributed by atoms with E-state index in [4.69, 9.17) is 0 Å². The molecule has 2 aliphatic rings. The minimum Gasteiger partial charge on any atom is -0.395 e. The van der Waals surface area contributed by atoms with Crippen molar-refractivity contribution in [2.75, 3.05) is 6.26 Å². The zero-order valence-corrected chi connectivity index (χ0v) is 16.4. The van der Waals surface area contributed by atoms with Crippen LogP contribution in [0.3, 0.4) is 0 Å². The highest BCUT2D eigenvalue weighted by Crippen LogP contribution is 2.51. The van der Waals surface area contributed by atoms with Gasteiger partial charge in [0.2, 0.25) is 0 Å². The number of benzene rings is 2. The zero-order chi connectivity index (χ0) is 20.4. The number of rotatable bonds is 5. The van der Waals surface area contributed by atoms with Gasteiger partial charge in [-0.25, -0.2) is 8.42 Å². The van der Waals surface area contributed by atoms with E-state index in [2.05, 4.69) is 14.5 Å². The number of ether oxygens (including phenoxy) is 2. The average Bonchev–Trinajstić information content (AvgIpc) is 3.27. The molecule has 5 rings (SSSR count). The molecule has 0 radical (unpaired) electrons. The molecule has 3 aromatic rings. The molecule has 1 unspecified atom stereocenters. The second-order valence-electron chi connectivity index (χ2n) is 7.84. The Hall–Kier alpha value is -2.61. The van der Waals surface area contributed by atoms with Crippen molar-refractivity contribution < 1.29 is 26.7 Å². The van der Waals surface area contributed by atoms with Gasteiger partial charge in [-0.05, 0) is 47.6 Å². The van der Waals surface area contributed by atoms with Crippen LogP contribution < -0.4 is 9.47 Å². The Balaban J connectivity index is 1.59. The number of fused-ring (bicyclic) bond motifs is 2. The SMILES string of the molecule is CS(=O)(=O)Cc1cccc2c(C(c3ccc4c(c3)OC(F)(F)O4)C3CC3)c[nH]c12. The summed E-state index contributed by atoms with van der Waals surface area (Å²) in [6.07, 6.45) is 1.57. The van der Waals surface area contributed by atoms with Crippen LogP contribution >= 0.6 is 0 Å². The molecule has 152 valence electrons. The minimum atomic E-state index is -3.64. The second kappa shape index (κ2) is 6.19. The minimum absolute atomic E-state index is 0.000330. The van der Waals surface area contributed by atoms with E-state index in [9.17, 15) is 17.2 Å². The van der Waals surface area contributed by atoms with Gasteiger partial charge in [0.05, 0.1) is 5.75 Å². The summed E-state index contributed by atoms with van der Waals surface area (Å²) in [7, 11) is -3.18. The van der Waals surface area contributed by atoms with Crippen LogP contribution in [0.5, 0.6) is 11.5 Å². The Kier molecular flexibility index (Phi) is 3.93. The smallest absolute Gasteiger partial charge is 0.395 e. The van der Waals surface area contributed by atoms with E-state index >= 15 is 0 Å². The molecule has 1 aliphatic carbocycles. The predicted octanol–water partition coefficient (Wildman–Crippen LogP) is 4.58. The first kappa shape index (κ1) is 18.4. The Morgan fingerprint density at radius 1 is 1.17 bits per heavy atom. The number of aromatic nitrogens is 1. The summed E-state index contributed by atoms with van der Waals surface area (Å²) in [5.74, 6) is 0.421. The third-order valence-electron chi connectivity index (χ3n) is 5.46. The molecule has 5 nitrogen and oxygen atoms in total. The van der Waals surface area contributed by atoms with Gasteiger partial charge in [0.15, 0.2) is 21.3 Å². The highest BCUT2D eigenvalue weighted by molar-refractivity contribution is 7.89. The molecule has 8 heteroatoms. The highest BCUT2D eigenvalue weighted by Gasteiger charge is 2.44. The van der Waals surface area contributed by atoms with Gasteiger partial charge >= 0.3 is 6.29 Å². The van der Waals surface area contributed by atoms with Crippen molar-refractivity contribution >= 4 is 20.7 Å². The van der Waals surface area contributed by atoms with Crippen molar-refractivity contribution in [3.63, 3.8) is 0 Å². The number of aromatic amines is 1. The van der Waals surface area contributed by atoms with Crippen molar-refractivity contribution in [3.8, 4) is 11.5 Å². The van der Waals surface area contributed by atoms with Gasteiger partial charge in [-0.2, -0.15) is 0 Å². The molecule has 0 amide bonds. The van der Waals surface area contributed by atoms with Crippen molar-refractivity contribution in [2.24, 2.45) is 5.92 Å². The van der Waals surface area contributed by atoms with Gasteiger partial charge in [0.1, 0.15) is 0 Å². The monoisotopic (exact) mass is 419 g/mol. The van der Waals surface area contributed by atoms with E-state index in [1.54, 1.807) is 18.2 Å². The molecular weight excluding hydrogens is 400 g/mol. The molecule has 2 aromatic carbocycles. The van der Waals surface area contributed by atoms with Crippen LogP contribution in [0.25, 0.3) is 10.9 Å². The van der Waals surface area contributed by atoms with E-state index < -0.39 is 16.1 Å². The molecule has 1 fully saturated rings. The Morgan fingerprint density at radius 3 is 2.66 bits per heavy atom. The van der Waals surface area contributed by atoms with Crippen LogP contribution in [-0.2, 0) is 15.6 Å². The van der Waals surface area contributed by atoms with E-state index in [1.165, 1.54) is 12.3 Å². The van der Waals surface area contributed by atoms with Gasteiger partial charge in [-0.3, -0.25) is 0 Å². The average molecular weight is 419 g/mol. The maximum atomic E-state index is 13.4. The maximum Gasteiger partial charge on any atom is 0.586 e. The van der Waals surface area contributed by atoms with Crippen LogP contribution in [0.4, 0.5) is 8.78 Å². The summed E-state index contributed by atoms with van der Waals surface area (Å²) >= 11 is 0. The van der Waals surface area contributed by atoms with Crippen LogP contribution in [0.2, 0.25) is 0 Å². The van der Waals surface area contributed by atoms with E-state index in [0.29, 0.717) is 5.92 Å². The summed E-state index contributed by atoms with van der Waals surface area (Å²) in [4.78, 5) is 3.24. The first-order valence-corrected chi connectivity index (χ1v) is 11.4. The van der Waals surface area contributed by atoms with Gasteiger partial charge in [-0.1, -0.05) is 24.3 Å². The standard InChI is InChI=1S/C21H19F2NO4S/c1-29(25,26)11-14-3-2-4-15-16(10-24-20(14)15)19(12-5-6-12)13-7-8-17-18(9-13)28-21(22,23)27-17/h2-4,7-10,12,19,24H,5-6,11H2,1H3. The maximum absolute atomic E-state index is 13.4. The molecule has 1 aliphatic heterocycles. The number of H-pyrrole nitrogens is 1. The largest absolute Gasteiger partial charge is 0.586 e. The molecule has 1 saturated carbocycles. The molecule has 2 heterocycles. The first-order chi connectivity index (χ1) is 13.7. The summed E-state index contributed by atoms with van der Waals surface area (Å²) in [5, 5.41) is 0.950. The number of hydrogen-bond donors (Lipinski definition) is 1. The molecular formula is C21H19F2NO4S. The van der Waals surface area contributed by atoms with Crippen LogP contribution in [0, 0.1) is 5.92 Å². The number of hydrogen-bond acceptors (Lipinski definition) is 4. The van der Waals surface area contributed by atoms with Crippen molar-refractivity contribution in [1.82, 2.24) is 4.98 Å². The van der Waals surface area contributed by atoms with E-state index in [0.717, 1.165) is 40.4 Å². The molecule has 0 spiro atoms. The van der Waals surface area contributed by atoms with Crippen LogP contribution in [0.1, 0.15) is 35.4 Å². The normalized spacial score (nSPS) is 18.9. The predicted molar refractivity (Wildman–Crippen MR) is 104 cm³/mol. The fraction of sp³-hybridized carbons (Fsp3) is 0.333. The van der Waals surface area contributed by atoms with Gasteiger partial charge in [0, 0.05) is 29.3 Å². The molecule has 0 saturated heterocycles. The lowest BCUT2D eigenvalue weighted by Crippen LogP contribution is -2.25. The first-order valence-electron chi connectivity index (χ1n) is 9.36. The topological polar surface area (TPSA) is 68.4 Å². The van der Waals surface area contributed by atoms with E-state index in [-0.39, 0.29) is 23.2 Å². The summed E-state index contributed by atoms with van der Waals surface area (Å²) in [6, 6.07) is 10.6. The molecule has 0 bridgehead atoms. The Morgan fingerprint density at radius 2 is 1.93 bits per heavy atom. The number of halogens is 2. The van der Waals surface area contributed by atoms with Gasteiger partial charge in [0.25, 0.3) is 0 Å². The lowest BCUT2D eigenvalue weighted by Gasteiger charge is -2.17. The van der Waals surface area contributed by atoms with E-state index in [1.807, 2.05) is 18.3 Å². The summed E-state index contributed by atoms with van der Waals surface area (Å²) in [5.41, 5.74) is 3.42. The van der Waals surface area contributed by atoms with Gasteiger partial charge in [-0.15, -0.1) is 8.78 Å². The van der Waals surface area contributed by atoms with Gasteiger partial charge < -0.3 is 14.5 Å². The summed E-state index contributed by atoms with van der Waals surface area (Å²) in [6.45, 7) is 0.